The zero-order valence-electron chi connectivity index (χ0n) is 13.3. The monoisotopic (exact) mass is 329 g/mol. The van der Waals surface area contributed by atoms with Crippen LogP contribution in [0, 0.1) is 0 Å². The molecule has 0 aliphatic carbocycles. The lowest BCUT2D eigenvalue weighted by Gasteiger charge is -2.09. The van der Waals surface area contributed by atoms with Gasteiger partial charge in [0.1, 0.15) is 5.76 Å². The van der Waals surface area contributed by atoms with E-state index in [1.54, 1.807) is 30.7 Å². The number of pyridine rings is 2. The van der Waals surface area contributed by atoms with Crippen LogP contribution in [0.1, 0.15) is 5.56 Å². The lowest BCUT2D eigenvalue weighted by molar-refractivity contribution is 0.617. The van der Waals surface area contributed by atoms with Gasteiger partial charge in [-0.25, -0.2) is 4.98 Å². The second-order valence-electron chi connectivity index (χ2n) is 5.59. The fourth-order valence-electron chi connectivity index (χ4n) is 2.64. The first-order chi connectivity index (χ1) is 12.3. The number of benzene rings is 1. The van der Waals surface area contributed by atoms with E-state index in [1.165, 1.54) is 6.07 Å². The molecule has 4 aromatic rings. The van der Waals surface area contributed by atoms with Crippen molar-refractivity contribution in [3.8, 4) is 11.3 Å². The van der Waals surface area contributed by atoms with Gasteiger partial charge in [0.25, 0.3) is 0 Å². The molecule has 0 unspecified atom stereocenters. The van der Waals surface area contributed by atoms with Crippen molar-refractivity contribution in [2.45, 2.75) is 6.54 Å². The molecule has 0 saturated carbocycles. The summed E-state index contributed by atoms with van der Waals surface area (Å²) in [6, 6.07) is 16.8. The van der Waals surface area contributed by atoms with Crippen LogP contribution < -0.4 is 10.7 Å². The molecule has 0 bridgehead atoms. The zero-order valence-corrected chi connectivity index (χ0v) is 13.3. The quantitative estimate of drug-likeness (QED) is 0.616. The lowest BCUT2D eigenvalue weighted by Crippen LogP contribution is -2.06. The van der Waals surface area contributed by atoms with Gasteiger partial charge in [-0.2, -0.15) is 0 Å². The Labute approximate surface area is 144 Å². The first-order valence-electron chi connectivity index (χ1n) is 7.92. The van der Waals surface area contributed by atoms with Crippen LogP contribution >= 0.6 is 0 Å². The van der Waals surface area contributed by atoms with Crippen molar-refractivity contribution in [3.05, 3.63) is 89.0 Å². The van der Waals surface area contributed by atoms with E-state index < -0.39 is 0 Å². The lowest BCUT2D eigenvalue weighted by atomic mass is 10.2. The van der Waals surface area contributed by atoms with Crippen molar-refractivity contribution in [1.82, 2.24) is 9.97 Å². The highest BCUT2D eigenvalue weighted by molar-refractivity contribution is 5.87. The minimum Gasteiger partial charge on any atom is -0.452 e. The van der Waals surface area contributed by atoms with Crippen molar-refractivity contribution in [3.63, 3.8) is 0 Å². The molecule has 3 heterocycles. The predicted octanol–water partition coefficient (Wildman–Crippen LogP) is 3.86. The van der Waals surface area contributed by atoms with E-state index in [0.29, 0.717) is 29.1 Å². The molecule has 0 radical (unpaired) electrons. The van der Waals surface area contributed by atoms with Gasteiger partial charge in [-0.05, 0) is 23.8 Å². The van der Waals surface area contributed by atoms with Crippen LogP contribution in [0.4, 0.5) is 5.82 Å². The van der Waals surface area contributed by atoms with Gasteiger partial charge in [0.2, 0.25) is 0 Å². The molecule has 4 rings (SSSR count). The van der Waals surface area contributed by atoms with Crippen LogP contribution in [0.2, 0.25) is 0 Å². The van der Waals surface area contributed by atoms with Gasteiger partial charge in [0.15, 0.2) is 16.8 Å². The number of rotatable bonds is 4. The Hall–Kier alpha value is -3.47. The van der Waals surface area contributed by atoms with E-state index in [4.69, 9.17) is 4.42 Å². The van der Waals surface area contributed by atoms with Crippen molar-refractivity contribution < 1.29 is 4.42 Å². The molecule has 25 heavy (non-hydrogen) atoms. The van der Waals surface area contributed by atoms with Gasteiger partial charge in [-0.15, -0.1) is 0 Å². The second kappa shape index (κ2) is 6.57. The molecule has 0 fully saturated rings. The maximum Gasteiger partial charge on any atom is 0.193 e. The van der Waals surface area contributed by atoms with Crippen LogP contribution in [-0.4, -0.2) is 9.97 Å². The summed E-state index contributed by atoms with van der Waals surface area (Å²) in [5.41, 5.74) is 2.21. The van der Waals surface area contributed by atoms with E-state index in [9.17, 15) is 4.79 Å². The molecule has 0 saturated heterocycles. The van der Waals surface area contributed by atoms with Gasteiger partial charge in [-0.1, -0.05) is 30.3 Å². The summed E-state index contributed by atoms with van der Waals surface area (Å²) < 4.78 is 5.98. The van der Waals surface area contributed by atoms with Crippen LogP contribution in [0.25, 0.3) is 22.3 Å². The minimum absolute atomic E-state index is 0.106. The molecular formula is C20H15N3O2. The van der Waals surface area contributed by atoms with Crippen molar-refractivity contribution in [2.75, 3.05) is 5.32 Å². The Morgan fingerprint density at radius 3 is 2.68 bits per heavy atom. The number of fused-ring (bicyclic) bond motifs is 1. The highest BCUT2D eigenvalue weighted by Gasteiger charge is 2.11. The molecule has 5 heteroatoms. The van der Waals surface area contributed by atoms with Gasteiger partial charge in [0, 0.05) is 36.8 Å². The number of anilines is 1. The Morgan fingerprint density at radius 1 is 1.00 bits per heavy atom. The Kier molecular flexibility index (Phi) is 3.96. The first-order valence-corrected chi connectivity index (χ1v) is 7.92. The van der Waals surface area contributed by atoms with Crippen LogP contribution in [-0.2, 0) is 6.54 Å². The van der Waals surface area contributed by atoms with E-state index in [-0.39, 0.29) is 5.43 Å². The van der Waals surface area contributed by atoms with E-state index in [2.05, 4.69) is 15.3 Å². The maximum absolute atomic E-state index is 12.5. The third-order valence-electron chi connectivity index (χ3n) is 3.89. The smallest absolute Gasteiger partial charge is 0.193 e. The first kappa shape index (κ1) is 15.1. The van der Waals surface area contributed by atoms with Crippen molar-refractivity contribution >= 4 is 16.8 Å². The highest BCUT2D eigenvalue weighted by atomic mass is 16.3. The molecule has 0 aliphatic rings. The summed E-state index contributed by atoms with van der Waals surface area (Å²) in [7, 11) is 0. The molecule has 5 nitrogen and oxygen atoms in total. The van der Waals surface area contributed by atoms with Crippen molar-refractivity contribution in [2.24, 2.45) is 0 Å². The van der Waals surface area contributed by atoms with Gasteiger partial charge < -0.3 is 9.73 Å². The van der Waals surface area contributed by atoms with Crippen molar-refractivity contribution in [1.29, 1.82) is 0 Å². The Morgan fingerprint density at radius 2 is 1.88 bits per heavy atom. The van der Waals surface area contributed by atoms with Crippen LogP contribution in [0.5, 0.6) is 0 Å². The number of nitrogens with zero attached hydrogens (tertiary/aromatic N) is 2. The van der Waals surface area contributed by atoms with Gasteiger partial charge in [0.05, 0.1) is 5.39 Å². The predicted molar refractivity (Wildman–Crippen MR) is 97.3 cm³/mol. The molecule has 0 aliphatic heterocycles. The summed E-state index contributed by atoms with van der Waals surface area (Å²) in [5, 5.41) is 3.75. The maximum atomic E-state index is 12.5. The number of aromatic nitrogens is 2. The minimum atomic E-state index is -0.106. The van der Waals surface area contributed by atoms with Crippen LogP contribution in [0.3, 0.4) is 0 Å². The Balaban J connectivity index is 1.77. The molecule has 1 aromatic carbocycles. The largest absolute Gasteiger partial charge is 0.452 e. The van der Waals surface area contributed by atoms with E-state index in [1.807, 2.05) is 36.4 Å². The summed E-state index contributed by atoms with van der Waals surface area (Å²) >= 11 is 0. The van der Waals surface area contributed by atoms with Gasteiger partial charge in [-0.3, -0.25) is 9.78 Å². The molecule has 0 spiro atoms. The molecule has 3 aromatic heterocycles. The Bertz CT molecular complexity index is 1060. The summed E-state index contributed by atoms with van der Waals surface area (Å²) in [4.78, 5) is 20.9. The topological polar surface area (TPSA) is 68.0 Å². The average Bonchev–Trinajstić information content (AvgIpc) is 2.68. The fraction of sp³-hybridized carbons (Fsp3) is 0.0500. The SMILES string of the molecule is O=c1cc(-c2cccnc2)oc2c(NCc3ccccc3)nccc12. The van der Waals surface area contributed by atoms with E-state index >= 15 is 0 Å². The molecule has 1 N–H and O–H groups in total. The fourth-order valence-corrected chi connectivity index (χ4v) is 2.64. The van der Waals surface area contributed by atoms with Crippen LogP contribution in [0.15, 0.2) is 82.4 Å². The summed E-state index contributed by atoms with van der Waals surface area (Å²) in [6.07, 6.45) is 4.95. The number of nitrogens with one attached hydrogen (secondary N) is 1. The number of hydrogen-bond acceptors (Lipinski definition) is 5. The molecule has 122 valence electrons. The summed E-state index contributed by atoms with van der Waals surface area (Å²) in [6.45, 7) is 0.591. The summed E-state index contributed by atoms with van der Waals surface area (Å²) in [5.74, 6) is 1.02. The third-order valence-corrected chi connectivity index (χ3v) is 3.89. The molecule has 0 amide bonds. The number of hydrogen-bond donors (Lipinski definition) is 1. The molecular weight excluding hydrogens is 314 g/mol. The zero-order chi connectivity index (χ0) is 17.1. The van der Waals surface area contributed by atoms with E-state index in [0.717, 1.165) is 11.1 Å². The normalized spacial score (nSPS) is 10.7. The standard InChI is InChI=1S/C20H15N3O2/c24-17-11-18(15-7-4-9-21-13-15)25-19-16(17)8-10-22-20(19)23-12-14-5-2-1-3-6-14/h1-11,13H,12H2,(H,22,23). The molecule has 0 atom stereocenters. The third kappa shape index (κ3) is 3.12. The average molecular weight is 329 g/mol. The second-order valence-corrected chi connectivity index (χ2v) is 5.59. The van der Waals surface area contributed by atoms with Gasteiger partial charge >= 0.3 is 0 Å². The highest BCUT2D eigenvalue weighted by Crippen LogP contribution is 2.25.